The lowest BCUT2D eigenvalue weighted by atomic mass is 10.2. The SMILES string of the molecule is FC(F)(F)Oc1ccc2oc[c]c2c1. The summed E-state index contributed by atoms with van der Waals surface area (Å²) in [4.78, 5) is 0. The largest absolute Gasteiger partial charge is 0.573 e. The molecule has 0 saturated carbocycles. The molecule has 2 rings (SSSR count). The quantitative estimate of drug-likeness (QED) is 0.707. The van der Waals surface area contributed by atoms with Crippen molar-refractivity contribution in [3.05, 3.63) is 30.5 Å². The van der Waals surface area contributed by atoms with Gasteiger partial charge in [0.15, 0.2) is 0 Å². The van der Waals surface area contributed by atoms with Crippen molar-refractivity contribution < 1.29 is 22.3 Å². The van der Waals surface area contributed by atoms with E-state index in [0.29, 0.717) is 11.0 Å². The van der Waals surface area contributed by atoms with Gasteiger partial charge in [-0.2, -0.15) is 0 Å². The van der Waals surface area contributed by atoms with Gasteiger partial charge in [-0.15, -0.1) is 13.2 Å². The average Bonchev–Trinajstić information content (AvgIpc) is 2.47. The molecule has 0 fully saturated rings. The van der Waals surface area contributed by atoms with Crippen molar-refractivity contribution >= 4 is 11.0 Å². The smallest absolute Gasteiger partial charge is 0.464 e. The fraction of sp³-hybridized carbons (Fsp3) is 0.111. The van der Waals surface area contributed by atoms with Gasteiger partial charge in [0.2, 0.25) is 0 Å². The molecule has 73 valence electrons. The first-order valence-electron chi connectivity index (χ1n) is 3.69. The molecule has 2 aromatic rings. The second kappa shape index (κ2) is 2.94. The highest BCUT2D eigenvalue weighted by atomic mass is 19.4. The van der Waals surface area contributed by atoms with Crippen LogP contribution in [-0.2, 0) is 0 Å². The fourth-order valence-corrected chi connectivity index (χ4v) is 1.08. The van der Waals surface area contributed by atoms with E-state index in [4.69, 9.17) is 4.42 Å². The van der Waals surface area contributed by atoms with Gasteiger partial charge in [0.1, 0.15) is 11.3 Å². The number of rotatable bonds is 1. The molecule has 5 heteroatoms. The minimum atomic E-state index is -4.67. The van der Waals surface area contributed by atoms with Gasteiger partial charge < -0.3 is 9.15 Å². The summed E-state index contributed by atoms with van der Waals surface area (Å²) in [7, 11) is 0. The molecular weight excluding hydrogens is 197 g/mol. The summed E-state index contributed by atoms with van der Waals surface area (Å²) in [6.45, 7) is 0. The van der Waals surface area contributed by atoms with Crippen molar-refractivity contribution in [3.63, 3.8) is 0 Å². The van der Waals surface area contributed by atoms with Crippen LogP contribution in [0.25, 0.3) is 11.0 Å². The number of benzene rings is 1. The second-order valence-corrected chi connectivity index (χ2v) is 2.59. The van der Waals surface area contributed by atoms with Gasteiger partial charge in [0.05, 0.1) is 6.26 Å². The number of fused-ring (bicyclic) bond motifs is 1. The number of hydrogen-bond donors (Lipinski definition) is 0. The molecule has 0 unspecified atom stereocenters. The minimum absolute atomic E-state index is 0.275. The van der Waals surface area contributed by atoms with Gasteiger partial charge in [-0.05, 0) is 18.2 Å². The molecular formula is C9H4F3O2. The molecule has 1 heterocycles. The number of furan rings is 1. The van der Waals surface area contributed by atoms with E-state index >= 15 is 0 Å². The summed E-state index contributed by atoms with van der Waals surface area (Å²) < 4.78 is 44.1. The van der Waals surface area contributed by atoms with Gasteiger partial charge in [-0.3, -0.25) is 0 Å². The standard InChI is InChI=1S/C9H4F3O2/c10-9(11,12)14-7-1-2-8-6(5-7)3-4-13-8/h1-2,4-5H. The summed E-state index contributed by atoms with van der Waals surface area (Å²) >= 11 is 0. The van der Waals surface area contributed by atoms with Crippen LogP contribution in [0.2, 0.25) is 0 Å². The summed E-state index contributed by atoms with van der Waals surface area (Å²) in [5, 5.41) is 0.451. The molecule has 0 amide bonds. The molecule has 1 aromatic heterocycles. The Bertz CT molecular complexity index is 444. The van der Waals surface area contributed by atoms with E-state index in [-0.39, 0.29) is 5.75 Å². The summed E-state index contributed by atoms with van der Waals surface area (Å²) in [5.74, 6) is -0.275. The molecule has 1 aromatic carbocycles. The Labute approximate surface area is 76.9 Å². The Morgan fingerprint density at radius 2 is 2.07 bits per heavy atom. The van der Waals surface area contributed by atoms with Crippen LogP contribution in [0.1, 0.15) is 0 Å². The Morgan fingerprint density at radius 1 is 1.29 bits per heavy atom. The Balaban J connectivity index is 2.35. The Hall–Kier alpha value is -1.65. The first-order valence-corrected chi connectivity index (χ1v) is 3.69. The van der Waals surface area contributed by atoms with Crippen LogP contribution in [-0.4, -0.2) is 6.36 Å². The highest BCUT2D eigenvalue weighted by molar-refractivity contribution is 5.77. The van der Waals surface area contributed by atoms with Crippen molar-refractivity contribution in [1.82, 2.24) is 0 Å². The summed E-state index contributed by atoms with van der Waals surface area (Å²) in [6, 6.07) is 6.43. The molecule has 0 N–H and O–H groups in total. The van der Waals surface area contributed by atoms with Crippen LogP contribution in [0, 0.1) is 6.07 Å². The fourth-order valence-electron chi connectivity index (χ4n) is 1.08. The molecule has 0 spiro atoms. The van der Waals surface area contributed by atoms with Crippen LogP contribution >= 0.6 is 0 Å². The van der Waals surface area contributed by atoms with Crippen molar-refractivity contribution in [3.8, 4) is 5.75 Å². The van der Waals surface area contributed by atoms with Crippen LogP contribution < -0.4 is 4.74 Å². The van der Waals surface area contributed by atoms with Gasteiger partial charge in [0.25, 0.3) is 0 Å². The second-order valence-electron chi connectivity index (χ2n) is 2.59. The zero-order valence-corrected chi connectivity index (χ0v) is 6.76. The molecule has 0 saturated heterocycles. The molecule has 0 aliphatic carbocycles. The Morgan fingerprint density at radius 3 is 2.79 bits per heavy atom. The number of halogens is 3. The van der Waals surface area contributed by atoms with E-state index in [2.05, 4.69) is 10.8 Å². The van der Waals surface area contributed by atoms with E-state index in [1.54, 1.807) is 0 Å². The summed E-state index contributed by atoms with van der Waals surface area (Å²) in [5.41, 5.74) is 0.472. The first kappa shape index (κ1) is 8.93. The van der Waals surface area contributed by atoms with Crippen molar-refractivity contribution in [2.75, 3.05) is 0 Å². The lowest BCUT2D eigenvalue weighted by molar-refractivity contribution is -0.274. The van der Waals surface area contributed by atoms with E-state index in [1.165, 1.54) is 24.5 Å². The van der Waals surface area contributed by atoms with Crippen LogP contribution in [0.5, 0.6) is 5.75 Å². The van der Waals surface area contributed by atoms with E-state index < -0.39 is 6.36 Å². The van der Waals surface area contributed by atoms with E-state index in [9.17, 15) is 13.2 Å². The van der Waals surface area contributed by atoms with Crippen molar-refractivity contribution in [2.24, 2.45) is 0 Å². The molecule has 0 bridgehead atoms. The minimum Gasteiger partial charge on any atom is -0.464 e. The topological polar surface area (TPSA) is 22.4 Å². The van der Waals surface area contributed by atoms with Crippen molar-refractivity contribution in [1.29, 1.82) is 0 Å². The number of hydrogen-bond acceptors (Lipinski definition) is 2. The zero-order chi connectivity index (χ0) is 10.2. The lowest BCUT2D eigenvalue weighted by Crippen LogP contribution is -2.16. The van der Waals surface area contributed by atoms with Crippen LogP contribution in [0.3, 0.4) is 0 Å². The predicted molar refractivity (Wildman–Crippen MR) is 41.7 cm³/mol. The van der Waals surface area contributed by atoms with E-state index in [0.717, 1.165) is 0 Å². The predicted octanol–water partition coefficient (Wildman–Crippen LogP) is 3.13. The van der Waals surface area contributed by atoms with Gasteiger partial charge >= 0.3 is 6.36 Å². The molecule has 2 nitrogen and oxygen atoms in total. The third-order valence-corrected chi connectivity index (χ3v) is 1.58. The third kappa shape index (κ3) is 1.81. The maximum atomic E-state index is 11.8. The average molecular weight is 201 g/mol. The van der Waals surface area contributed by atoms with E-state index in [1.807, 2.05) is 0 Å². The van der Waals surface area contributed by atoms with Gasteiger partial charge in [-0.25, -0.2) is 0 Å². The maximum Gasteiger partial charge on any atom is 0.573 e. The molecule has 0 atom stereocenters. The van der Waals surface area contributed by atoms with Crippen LogP contribution in [0.15, 0.2) is 28.9 Å². The third-order valence-electron chi connectivity index (χ3n) is 1.58. The highest BCUT2D eigenvalue weighted by Crippen LogP contribution is 2.26. The van der Waals surface area contributed by atoms with Crippen LogP contribution in [0.4, 0.5) is 13.2 Å². The molecule has 0 aliphatic heterocycles. The normalized spacial score (nSPS) is 11.9. The maximum absolute atomic E-state index is 11.8. The molecule has 0 aliphatic rings. The summed E-state index contributed by atoms with van der Waals surface area (Å²) in [6.07, 6.45) is -3.39. The first-order chi connectivity index (χ1) is 6.54. The lowest BCUT2D eigenvalue weighted by Gasteiger charge is -2.07. The Kier molecular flexibility index (Phi) is 1.87. The van der Waals surface area contributed by atoms with Crippen molar-refractivity contribution in [2.45, 2.75) is 6.36 Å². The molecule has 14 heavy (non-hydrogen) atoms. The number of ether oxygens (including phenoxy) is 1. The van der Waals surface area contributed by atoms with Gasteiger partial charge in [-0.1, -0.05) is 0 Å². The number of alkyl halides is 3. The monoisotopic (exact) mass is 201 g/mol. The zero-order valence-electron chi connectivity index (χ0n) is 6.76. The molecule has 1 radical (unpaired) electrons. The van der Waals surface area contributed by atoms with Gasteiger partial charge in [0, 0.05) is 11.5 Å². The highest BCUT2D eigenvalue weighted by Gasteiger charge is 2.31.